The number of halogens is 2. The Labute approximate surface area is 137 Å². The monoisotopic (exact) mass is 366 g/mol. The van der Waals surface area contributed by atoms with Crippen molar-refractivity contribution < 1.29 is 27.5 Å². The molecule has 7 nitrogen and oxygen atoms in total. The van der Waals surface area contributed by atoms with Crippen LogP contribution in [-0.2, 0) is 19.6 Å². The number of nitrogens with one attached hydrogen (secondary N) is 2. The van der Waals surface area contributed by atoms with Gasteiger partial charge in [-0.1, -0.05) is 25.4 Å². The average molecular weight is 367 g/mol. The maximum absolute atomic E-state index is 14.1. The van der Waals surface area contributed by atoms with E-state index in [9.17, 15) is 22.4 Å². The Hall–Kier alpha value is -1.71. The molecule has 128 valence electrons. The van der Waals surface area contributed by atoms with Crippen LogP contribution in [-0.4, -0.2) is 31.4 Å². The second-order valence-corrected chi connectivity index (χ2v) is 7.21. The van der Waals surface area contributed by atoms with Gasteiger partial charge in [-0.25, -0.2) is 12.8 Å². The van der Waals surface area contributed by atoms with Crippen LogP contribution in [0.1, 0.15) is 20.8 Å². The number of aliphatic carboxylic acids is 1. The first-order valence-corrected chi connectivity index (χ1v) is 8.33. The molecule has 0 heterocycles. The number of sulfonamides is 1. The van der Waals surface area contributed by atoms with Gasteiger partial charge in [0, 0.05) is 13.0 Å². The maximum Gasteiger partial charge on any atom is 0.322 e. The summed E-state index contributed by atoms with van der Waals surface area (Å²) in [6, 6.07) is 0.140. The van der Waals surface area contributed by atoms with E-state index in [0.717, 1.165) is 12.1 Å². The Balaban J connectivity index is 3.26. The van der Waals surface area contributed by atoms with Crippen LogP contribution in [0.2, 0.25) is 5.02 Å². The highest BCUT2D eigenvalue weighted by molar-refractivity contribution is 7.89. The molecule has 23 heavy (non-hydrogen) atoms. The minimum Gasteiger partial charge on any atom is -0.480 e. The lowest BCUT2D eigenvalue weighted by Gasteiger charge is -2.18. The Morgan fingerprint density at radius 2 is 1.87 bits per heavy atom. The summed E-state index contributed by atoms with van der Waals surface area (Å²) in [6.07, 6.45) is 0. The van der Waals surface area contributed by atoms with Gasteiger partial charge in [-0.3, -0.25) is 9.59 Å². The minimum absolute atomic E-state index is 0.0886. The van der Waals surface area contributed by atoms with Crippen LogP contribution in [0.15, 0.2) is 17.0 Å². The lowest BCUT2D eigenvalue weighted by atomic mass is 10.1. The number of carbonyl (C=O) groups excluding carboxylic acids is 1. The average Bonchev–Trinajstić information content (AvgIpc) is 2.38. The zero-order valence-corrected chi connectivity index (χ0v) is 14.1. The van der Waals surface area contributed by atoms with Crippen molar-refractivity contribution in [2.24, 2.45) is 5.92 Å². The number of hydrogen-bond acceptors (Lipinski definition) is 4. The molecule has 1 amide bonds. The first-order chi connectivity index (χ1) is 10.5. The number of carboxylic acids is 1. The van der Waals surface area contributed by atoms with Crippen molar-refractivity contribution in [2.45, 2.75) is 31.7 Å². The molecule has 0 unspecified atom stereocenters. The zero-order chi connectivity index (χ0) is 17.9. The van der Waals surface area contributed by atoms with E-state index in [4.69, 9.17) is 16.7 Å². The molecule has 0 aliphatic heterocycles. The Morgan fingerprint density at radius 1 is 1.30 bits per heavy atom. The van der Waals surface area contributed by atoms with E-state index in [1.54, 1.807) is 0 Å². The molecule has 0 aromatic heterocycles. The predicted octanol–water partition coefficient (Wildman–Crippen LogP) is 1.82. The normalized spacial score (nSPS) is 13.0. The molecule has 0 fully saturated rings. The molecular formula is C13H16ClFN2O5S. The van der Waals surface area contributed by atoms with Crippen LogP contribution < -0.4 is 10.0 Å². The number of benzene rings is 1. The van der Waals surface area contributed by atoms with Crippen LogP contribution in [0.3, 0.4) is 0 Å². The van der Waals surface area contributed by atoms with Gasteiger partial charge in [0.2, 0.25) is 15.9 Å². The molecule has 0 saturated heterocycles. The summed E-state index contributed by atoms with van der Waals surface area (Å²) in [6.45, 7) is 4.19. The highest BCUT2D eigenvalue weighted by Gasteiger charge is 2.30. The topological polar surface area (TPSA) is 113 Å². The number of rotatable bonds is 6. The van der Waals surface area contributed by atoms with Crippen LogP contribution in [0.4, 0.5) is 10.1 Å². The quantitative estimate of drug-likeness (QED) is 0.710. The SMILES string of the molecule is CC(=O)Nc1cc(F)c(S(=O)(=O)N[C@@H](C(=O)O)C(C)C)cc1Cl. The molecular weight excluding hydrogens is 351 g/mol. The number of carbonyl (C=O) groups is 2. The van der Waals surface area contributed by atoms with E-state index in [-0.39, 0.29) is 10.7 Å². The maximum atomic E-state index is 14.1. The Morgan fingerprint density at radius 3 is 2.30 bits per heavy atom. The molecule has 1 rings (SSSR count). The van der Waals surface area contributed by atoms with Crippen LogP contribution in [0, 0.1) is 11.7 Å². The smallest absolute Gasteiger partial charge is 0.322 e. The van der Waals surface area contributed by atoms with Gasteiger partial charge in [-0.2, -0.15) is 4.72 Å². The molecule has 1 atom stereocenters. The number of anilines is 1. The Kier molecular flexibility index (Phi) is 6.09. The molecule has 0 bridgehead atoms. The third kappa shape index (κ3) is 4.88. The van der Waals surface area contributed by atoms with Gasteiger partial charge in [0.05, 0.1) is 10.7 Å². The molecule has 0 radical (unpaired) electrons. The van der Waals surface area contributed by atoms with Crippen molar-refractivity contribution in [2.75, 3.05) is 5.32 Å². The van der Waals surface area contributed by atoms with Crippen LogP contribution >= 0.6 is 11.6 Å². The van der Waals surface area contributed by atoms with Gasteiger partial charge >= 0.3 is 5.97 Å². The lowest BCUT2D eigenvalue weighted by Crippen LogP contribution is -2.44. The summed E-state index contributed by atoms with van der Waals surface area (Å²) >= 11 is 5.82. The first-order valence-electron chi connectivity index (χ1n) is 6.47. The van der Waals surface area contributed by atoms with Crippen molar-refractivity contribution in [3.8, 4) is 0 Å². The largest absolute Gasteiger partial charge is 0.480 e. The third-order valence-corrected chi connectivity index (χ3v) is 4.61. The second kappa shape index (κ2) is 7.24. The van der Waals surface area contributed by atoms with Gasteiger partial charge in [-0.05, 0) is 12.0 Å². The van der Waals surface area contributed by atoms with Crippen molar-refractivity contribution in [3.63, 3.8) is 0 Å². The number of hydrogen-bond donors (Lipinski definition) is 3. The van der Waals surface area contributed by atoms with Crippen molar-refractivity contribution in [1.29, 1.82) is 0 Å². The molecule has 0 spiro atoms. The van der Waals surface area contributed by atoms with E-state index in [1.165, 1.54) is 20.8 Å². The summed E-state index contributed by atoms with van der Waals surface area (Å²) in [5, 5.41) is 11.1. The first kappa shape index (κ1) is 19.3. The number of amides is 1. The fourth-order valence-electron chi connectivity index (χ4n) is 1.72. The van der Waals surface area contributed by atoms with Crippen LogP contribution in [0.25, 0.3) is 0 Å². The predicted molar refractivity (Wildman–Crippen MR) is 82.3 cm³/mol. The molecule has 3 N–H and O–H groups in total. The summed E-state index contributed by atoms with van der Waals surface area (Å²) in [4.78, 5) is 21.2. The van der Waals surface area contributed by atoms with E-state index in [2.05, 4.69) is 5.32 Å². The van der Waals surface area contributed by atoms with Crippen molar-refractivity contribution in [3.05, 3.63) is 23.0 Å². The second-order valence-electron chi connectivity index (χ2n) is 5.12. The molecule has 0 aliphatic carbocycles. The van der Waals surface area contributed by atoms with E-state index < -0.39 is 44.6 Å². The minimum atomic E-state index is -4.45. The van der Waals surface area contributed by atoms with E-state index in [1.807, 2.05) is 4.72 Å². The molecule has 1 aromatic rings. The molecule has 1 aromatic carbocycles. The summed E-state index contributed by atoms with van der Waals surface area (Å²) < 4.78 is 40.4. The standard InChI is InChI=1S/C13H16ClFN2O5S/c1-6(2)12(13(19)20)17-23(21,22)11-4-8(14)10(5-9(11)15)16-7(3)18/h4-6,12,17H,1-3H3,(H,16,18)(H,19,20)/t12-/m1/s1. The number of carboxylic acid groups (broad SMARTS) is 1. The molecule has 10 heteroatoms. The van der Waals surface area contributed by atoms with E-state index >= 15 is 0 Å². The van der Waals surface area contributed by atoms with Gasteiger partial charge in [0.15, 0.2) is 0 Å². The third-order valence-electron chi connectivity index (χ3n) is 2.84. The summed E-state index contributed by atoms with van der Waals surface area (Å²) in [5.74, 6) is -3.62. The van der Waals surface area contributed by atoms with Gasteiger partial charge in [0.1, 0.15) is 16.8 Å². The zero-order valence-electron chi connectivity index (χ0n) is 12.6. The van der Waals surface area contributed by atoms with Gasteiger partial charge in [0.25, 0.3) is 0 Å². The fraction of sp³-hybridized carbons (Fsp3) is 0.385. The highest BCUT2D eigenvalue weighted by atomic mass is 35.5. The molecule has 0 saturated carbocycles. The Bertz CT molecular complexity index is 736. The van der Waals surface area contributed by atoms with Crippen molar-refractivity contribution in [1.82, 2.24) is 4.72 Å². The van der Waals surface area contributed by atoms with Crippen LogP contribution in [0.5, 0.6) is 0 Å². The highest BCUT2D eigenvalue weighted by Crippen LogP contribution is 2.28. The fourth-order valence-corrected chi connectivity index (χ4v) is 3.42. The molecule has 0 aliphatic rings. The summed E-state index contributed by atoms with van der Waals surface area (Å²) in [5.41, 5.74) is -0.0886. The lowest BCUT2D eigenvalue weighted by molar-refractivity contribution is -0.140. The van der Waals surface area contributed by atoms with Gasteiger partial charge < -0.3 is 10.4 Å². The van der Waals surface area contributed by atoms with Crippen molar-refractivity contribution >= 4 is 39.2 Å². The van der Waals surface area contributed by atoms with Gasteiger partial charge in [-0.15, -0.1) is 0 Å². The van der Waals surface area contributed by atoms with E-state index in [0.29, 0.717) is 0 Å². The summed E-state index contributed by atoms with van der Waals surface area (Å²) in [7, 11) is -4.45.